The summed E-state index contributed by atoms with van der Waals surface area (Å²) in [5, 5.41) is 4.23. The van der Waals surface area contributed by atoms with E-state index in [-0.39, 0.29) is 11.8 Å². The third-order valence-corrected chi connectivity index (χ3v) is 4.20. The lowest BCUT2D eigenvalue weighted by Gasteiger charge is -2.15. The molecule has 3 aromatic rings. The lowest BCUT2D eigenvalue weighted by atomic mass is 10.1. The number of hydrogen-bond acceptors (Lipinski definition) is 5. The van der Waals surface area contributed by atoms with Gasteiger partial charge in [0.05, 0.1) is 4.47 Å². The highest BCUT2D eigenvalue weighted by molar-refractivity contribution is 9.10. The molecule has 0 spiro atoms. The van der Waals surface area contributed by atoms with E-state index < -0.39 is 5.97 Å². The van der Waals surface area contributed by atoms with E-state index >= 15 is 0 Å². The standard InChI is InChI=1S/C16H15BrN4O2/c1-2-12(10-11-4-7-18-8-5-11)23-16(22)14-13(17)15-19-6-3-9-21(15)20-14/h3-9,12H,2,10H2,1H3. The topological polar surface area (TPSA) is 69.4 Å². The van der Waals surface area contributed by atoms with Crippen LogP contribution in [0.4, 0.5) is 0 Å². The maximum absolute atomic E-state index is 12.4. The Bertz CT molecular complexity index is 819. The summed E-state index contributed by atoms with van der Waals surface area (Å²) in [6, 6.07) is 5.59. The minimum Gasteiger partial charge on any atom is -0.457 e. The number of fused-ring (bicyclic) bond motifs is 1. The number of aromatic nitrogens is 4. The first-order chi connectivity index (χ1) is 11.2. The highest BCUT2D eigenvalue weighted by atomic mass is 79.9. The fourth-order valence-corrected chi connectivity index (χ4v) is 2.77. The van der Waals surface area contributed by atoms with Crippen molar-refractivity contribution in [3.63, 3.8) is 0 Å². The van der Waals surface area contributed by atoms with Gasteiger partial charge in [-0.15, -0.1) is 0 Å². The minimum absolute atomic E-state index is 0.213. The summed E-state index contributed by atoms with van der Waals surface area (Å²) in [7, 11) is 0. The first-order valence-electron chi connectivity index (χ1n) is 7.27. The van der Waals surface area contributed by atoms with Crippen molar-refractivity contribution >= 4 is 27.5 Å². The van der Waals surface area contributed by atoms with Crippen LogP contribution in [0.3, 0.4) is 0 Å². The number of ether oxygens (including phenoxy) is 1. The molecule has 3 rings (SSSR count). The molecule has 0 saturated heterocycles. The number of carbonyl (C=O) groups excluding carboxylic acids is 1. The van der Waals surface area contributed by atoms with Crippen LogP contribution in [0.25, 0.3) is 5.65 Å². The van der Waals surface area contributed by atoms with Gasteiger partial charge in [-0.1, -0.05) is 6.92 Å². The molecule has 0 aromatic carbocycles. The van der Waals surface area contributed by atoms with Crippen molar-refractivity contribution in [1.82, 2.24) is 19.6 Å². The average Bonchev–Trinajstić information content (AvgIpc) is 2.92. The second-order valence-corrected chi connectivity index (χ2v) is 5.84. The second-order valence-electron chi connectivity index (χ2n) is 5.05. The van der Waals surface area contributed by atoms with Crippen LogP contribution in [0, 0.1) is 0 Å². The van der Waals surface area contributed by atoms with Crippen molar-refractivity contribution in [2.24, 2.45) is 0 Å². The Labute approximate surface area is 141 Å². The molecule has 0 amide bonds. The number of carbonyl (C=O) groups is 1. The van der Waals surface area contributed by atoms with Crippen LogP contribution in [0.5, 0.6) is 0 Å². The van der Waals surface area contributed by atoms with Crippen LogP contribution < -0.4 is 0 Å². The summed E-state index contributed by atoms with van der Waals surface area (Å²) < 4.78 is 7.70. The monoisotopic (exact) mass is 374 g/mol. The molecule has 6 nitrogen and oxygen atoms in total. The fourth-order valence-electron chi connectivity index (χ4n) is 2.25. The Balaban J connectivity index is 1.77. The zero-order valence-electron chi connectivity index (χ0n) is 12.5. The minimum atomic E-state index is -0.455. The smallest absolute Gasteiger partial charge is 0.360 e. The zero-order chi connectivity index (χ0) is 16.2. The third kappa shape index (κ3) is 3.39. The molecular weight excluding hydrogens is 360 g/mol. The van der Waals surface area contributed by atoms with E-state index in [4.69, 9.17) is 4.74 Å². The molecule has 3 heterocycles. The summed E-state index contributed by atoms with van der Waals surface area (Å²) in [5.74, 6) is -0.455. The molecular formula is C16H15BrN4O2. The highest BCUT2D eigenvalue weighted by Crippen LogP contribution is 2.22. The SMILES string of the molecule is CCC(Cc1ccncc1)OC(=O)c1nn2cccnc2c1Br. The normalized spacial score (nSPS) is 12.3. The lowest BCUT2D eigenvalue weighted by molar-refractivity contribution is 0.0285. The van der Waals surface area contributed by atoms with Crippen LogP contribution in [0.1, 0.15) is 29.4 Å². The van der Waals surface area contributed by atoms with Gasteiger partial charge >= 0.3 is 5.97 Å². The Kier molecular flexibility index (Phi) is 4.66. The quantitative estimate of drug-likeness (QED) is 0.641. The molecule has 1 atom stereocenters. The van der Waals surface area contributed by atoms with E-state index in [0.29, 0.717) is 16.5 Å². The molecule has 23 heavy (non-hydrogen) atoms. The average molecular weight is 375 g/mol. The van der Waals surface area contributed by atoms with Gasteiger partial charge in [-0.3, -0.25) is 4.98 Å². The molecule has 7 heteroatoms. The van der Waals surface area contributed by atoms with Gasteiger partial charge in [-0.05, 0) is 46.1 Å². The molecule has 0 aliphatic rings. The number of hydrogen-bond donors (Lipinski definition) is 0. The predicted molar refractivity (Wildman–Crippen MR) is 88.1 cm³/mol. The Morgan fingerprint density at radius 2 is 2.13 bits per heavy atom. The summed E-state index contributed by atoms with van der Waals surface area (Å²) in [5.41, 5.74) is 1.90. The molecule has 0 radical (unpaired) electrons. The maximum Gasteiger partial charge on any atom is 0.360 e. The van der Waals surface area contributed by atoms with E-state index in [1.165, 1.54) is 0 Å². The zero-order valence-corrected chi connectivity index (χ0v) is 14.1. The maximum atomic E-state index is 12.4. The van der Waals surface area contributed by atoms with E-state index in [1.807, 2.05) is 19.1 Å². The van der Waals surface area contributed by atoms with Gasteiger partial charge in [0.2, 0.25) is 0 Å². The fraction of sp³-hybridized carbons (Fsp3) is 0.250. The van der Waals surface area contributed by atoms with Gasteiger partial charge in [0.15, 0.2) is 11.3 Å². The molecule has 3 aromatic heterocycles. The number of esters is 1. The van der Waals surface area contributed by atoms with Crippen LogP contribution in [0.15, 0.2) is 47.5 Å². The first kappa shape index (κ1) is 15.6. The summed E-state index contributed by atoms with van der Waals surface area (Å²) in [4.78, 5) is 20.6. The molecule has 0 aliphatic carbocycles. The van der Waals surface area contributed by atoms with Crippen LogP contribution in [0.2, 0.25) is 0 Å². The first-order valence-corrected chi connectivity index (χ1v) is 8.07. The Hall–Kier alpha value is -2.28. The van der Waals surface area contributed by atoms with Crippen molar-refractivity contribution in [3.05, 3.63) is 58.7 Å². The molecule has 118 valence electrons. The molecule has 0 N–H and O–H groups in total. The van der Waals surface area contributed by atoms with E-state index in [9.17, 15) is 4.79 Å². The van der Waals surface area contributed by atoms with Crippen molar-refractivity contribution in [2.75, 3.05) is 0 Å². The van der Waals surface area contributed by atoms with Crippen molar-refractivity contribution in [2.45, 2.75) is 25.9 Å². The van der Waals surface area contributed by atoms with Gasteiger partial charge in [0.1, 0.15) is 6.10 Å². The van der Waals surface area contributed by atoms with Crippen molar-refractivity contribution in [3.8, 4) is 0 Å². The lowest BCUT2D eigenvalue weighted by Crippen LogP contribution is -2.20. The van der Waals surface area contributed by atoms with Crippen molar-refractivity contribution < 1.29 is 9.53 Å². The number of nitrogens with zero attached hydrogens (tertiary/aromatic N) is 4. The predicted octanol–water partition coefficient (Wildman–Crippen LogP) is 3.06. The van der Waals surface area contributed by atoms with Gasteiger partial charge < -0.3 is 4.74 Å². The van der Waals surface area contributed by atoms with Crippen molar-refractivity contribution in [1.29, 1.82) is 0 Å². The molecule has 0 bridgehead atoms. The van der Waals surface area contributed by atoms with E-state index in [2.05, 4.69) is 31.0 Å². The third-order valence-electron chi connectivity index (χ3n) is 3.47. The molecule has 0 aliphatic heterocycles. The van der Waals surface area contributed by atoms with Gasteiger partial charge in [-0.2, -0.15) is 5.10 Å². The van der Waals surface area contributed by atoms with Crippen LogP contribution >= 0.6 is 15.9 Å². The van der Waals surface area contributed by atoms with Crippen LogP contribution in [-0.4, -0.2) is 31.7 Å². The highest BCUT2D eigenvalue weighted by Gasteiger charge is 2.22. The molecule has 1 unspecified atom stereocenters. The van der Waals surface area contributed by atoms with Gasteiger partial charge in [-0.25, -0.2) is 14.3 Å². The second kappa shape index (κ2) is 6.87. The largest absolute Gasteiger partial charge is 0.457 e. The molecule has 0 saturated carbocycles. The molecule has 0 fully saturated rings. The number of rotatable bonds is 5. The van der Waals surface area contributed by atoms with Crippen LogP contribution in [-0.2, 0) is 11.2 Å². The van der Waals surface area contributed by atoms with Gasteiger partial charge in [0.25, 0.3) is 0 Å². The summed E-state index contributed by atoms with van der Waals surface area (Å²) in [6.45, 7) is 1.99. The Morgan fingerprint density at radius 1 is 1.35 bits per heavy atom. The number of pyridine rings is 1. The Morgan fingerprint density at radius 3 is 2.83 bits per heavy atom. The summed E-state index contributed by atoms with van der Waals surface area (Å²) in [6.07, 6.45) is 8.00. The van der Waals surface area contributed by atoms with Gasteiger partial charge in [0, 0.05) is 31.2 Å². The number of halogens is 1. The van der Waals surface area contributed by atoms with E-state index in [1.54, 1.807) is 35.4 Å². The van der Waals surface area contributed by atoms with E-state index in [0.717, 1.165) is 12.0 Å². The summed E-state index contributed by atoms with van der Waals surface area (Å²) >= 11 is 3.38.